The van der Waals surface area contributed by atoms with Crippen molar-refractivity contribution in [1.82, 2.24) is 14.9 Å². The number of pyridine rings is 1. The molecular formula is C15H20N4S. The number of hydrogen-bond donors (Lipinski definition) is 0. The molecule has 0 saturated carbocycles. The Bertz CT molecular complexity index is 528. The molecule has 5 heteroatoms. The zero-order valence-corrected chi connectivity index (χ0v) is 12.8. The summed E-state index contributed by atoms with van der Waals surface area (Å²) in [6, 6.07) is 5.09. The van der Waals surface area contributed by atoms with Crippen molar-refractivity contribution in [3.8, 4) is 0 Å². The highest BCUT2D eigenvalue weighted by molar-refractivity contribution is 7.13. The molecule has 1 fully saturated rings. The van der Waals surface area contributed by atoms with Gasteiger partial charge in [-0.3, -0.25) is 9.88 Å². The maximum Gasteiger partial charge on any atom is 0.185 e. The number of nitrogens with zero attached hydrogens (tertiary/aromatic N) is 4. The van der Waals surface area contributed by atoms with Gasteiger partial charge in [-0.25, -0.2) is 4.98 Å². The molecule has 3 rings (SSSR count). The molecule has 0 unspecified atom stereocenters. The third-order valence-electron chi connectivity index (χ3n) is 4.04. The van der Waals surface area contributed by atoms with Gasteiger partial charge in [0.1, 0.15) is 0 Å². The normalized spacial score (nSPS) is 21.9. The topological polar surface area (TPSA) is 32.3 Å². The van der Waals surface area contributed by atoms with Gasteiger partial charge in [-0.1, -0.05) is 6.07 Å². The molecule has 0 aromatic carbocycles. The van der Waals surface area contributed by atoms with Gasteiger partial charge in [0.25, 0.3) is 0 Å². The quantitative estimate of drug-likeness (QED) is 0.869. The molecule has 1 aliphatic heterocycles. The standard InChI is InChI=1S/C15H20N4S/c1-12-11-18(13(2)14-4-3-5-16-10-14)7-8-19(12)15-17-6-9-20-15/h3-6,9-10,12-13H,7-8,11H2,1-2H3/t12-,13+/m1/s1. The van der Waals surface area contributed by atoms with E-state index in [0.29, 0.717) is 12.1 Å². The van der Waals surface area contributed by atoms with Crippen LogP contribution >= 0.6 is 11.3 Å². The van der Waals surface area contributed by atoms with Gasteiger partial charge in [0.2, 0.25) is 0 Å². The summed E-state index contributed by atoms with van der Waals surface area (Å²) in [4.78, 5) is 13.6. The highest BCUT2D eigenvalue weighted by Gasteiger charge is 2.28. The lowest BCUT2D eigenvalue weighted by molar-refractivity contribution is 0.175. The Kier molecular flexibility index (Phi) is 3.98. The van der Waals surface area contributed by atoms with Crippen LogP contribution in [-0.2, 0) is 0 Å². The Morgan fingerprint density at radius 3 is 2.90 bits per heavy atom. The van der Waals surface area contributed by atoms with E-state index in [9.17, 15) is 0 Å². The van der Waals surface area contributed by atoms with Crippen LogP contribution in [0.4, 0.5) is 5.13 Å². The van der Waals surface area contributed by atoms with E-state index in [1.54, 1.807) is 11.3 Å². The molecule has 0 amide bonds. The fourth-order valence-corrected chi connectivity index (χ4v) is 3.59. The van der Waals surface area contributed by atoms with Crippen molar-refractivity contribution in [3.63, 3.8) is 0 Å². The molecule has 1 saturated heterocycles. The lowest BCUT2D eigenvalue weighted by atomic mass is 10.1. The average molecular weight is 288 g/mol. The molecule has 2 aromatic heterocycles. The molecule has 3 heterocycles. The van der Waals surface area contributed by atoms with Gasteiger partial charge >= 0.3 is 0 Å². The van der Waals surface area contributed by atoms with Crippen molar-refractivity contribution >= 4 is 16.5 Å². The highest BCUT2D eigenvalue weighted by atomic mass is 32.1. The van der Waals surface area contributed by atoms with Gasteiger partial charge in [-0.05, 0) is 25.5 Å². The first-order chi connectivity index (χ1) is 9.75. The average Bonchev–Trinajstić information content (AvgIpc) is 3.01. The fraction of sp³-hybridized carbons (Fsp3) is 0.467. The number of hydrogen-bond acceptors (Lipinski definition) is 5. The third kappa shape index (κ3) is 2.69. The van der Waals surface area contributed by atoms with Gasteiger partial charge in [0.15, 0.2) is 5.13 Å². The van der Waals surface area contributed by atoms with Gasteiger partial charge < -0.3 is 4.90 Å². The summed E-state index contributed by atoms with van der Waals surface area (Å²) in [7, 11) is 0. The number of piperazine rings is 1. The third-order valence-corrected chi connectivity index (χ3v) is 4.85. The SMILES string of the molecule is C[C@@H]1CN([C@@H](C)c2cccnc2)CCN1c1nccs1. The summed E-state index contributed by atoms with van der Waals surface area (Å²) < 4.78 is 0. The molecular weight excluding hydrogens is 268 g/mol. The fourth-order valence-electron chi connectivity index (χ4n) is 2.81. The summed E-state index contributed by atoms with van der Waals surface area (Å²) in [6.45, 7) is 7.72. The van der Waals surface area contributed by atoms with E-state index in [1.165, 1.54) is 5.56 Å². The van der Waals surface area contributed by atoms with Crippen LogP contribution in [0.25, 0.3) is 0 Å². The van der Waals surface area contributed by atoms with Crippen molar-refractivity contribution in [2.24, 2.45) is 0 Å². The van der Waals surface area contributed by atoms with Gasteiger partial charge in [-0.2, -0.15) is 0 Å². The molecule has 1 aliphatic rings. The predicted molar refractivity (Wildman–Crippen MR) is 83.1 cm³/mol. The van der Waals surface area contributed by atoms with Gasteiger partial charge in [0.05, 0.1) is 0 Å². The summed E-state index contributed by atoms with van der Waals surface area (Å²) in [5, 5.41) is 3.19. The molecule has 4 nitrogen and oxygen atoms in total. The van der Waals surface area contributed by atoms with Crippen LogP contribution in [0, 0.1) is 0 Å². The van der Waals surface area contributed by atoms with E-state index in [0.717, 1.165) is 24.8 Å². The number of thiazole rings is 1. The molecule has 106 valence electrons. The van der Waals surface area contributed by atoms with Gasteiger partial charge in [0, 0.05) is 55.7 Å². The van der Waals surface area contributed by atoms with E-state index in [-0.39, 0.29) is 0 Å². The van der Waals surface area contributed by atoms with Crippen LogP contribution in [0.2, 0.25) is 0 Å². The minimum Gasteiger partial charge on any atom is -0.343 e. The zero-order chi connectivity index (χ0) is 13.9. The summed E-state index contributed by atoms with van der Waals surface area (Å²) in [5.74, 6) is 0. The van der Waals surface area contributed by atoms with Crippen molar-refractivity contribution in [2.75, 3.05) is 24.5 Å². The monoisotopic (exact) mass is 288 g/mol. The van der Waals surface area contributed by atoms with E-state index in [1.807, 2.05) is 30.0 Å². The molecule has 0 spiro atoms. The molecule has 0 aliphatic carbocycles. The molecule has 0 radical (unpaired) electrons. The minimum atomic E-state index is 0.421. The Labute approximate surface area is 124 Å². The Balaban J connectivity index is 1.68. The first-order valence-electron chi connectivity index (χ1n) is 7.06. The number of anilines is 1. The van der Waals surface area contributed by atoms with E-state index >= 15 is 0 Å². The van der Waals surface area contributed by atoms with Crippen LogP contribution in [0.3, 0.4) is 0 Å². The lowest BCUT2D eigenvalue weighted by Gasteiger charge is -2.42. The largest absolute Gasteiger partial charge is 0.343 e. The lowest BCUT2D eigenvalue weighted by Crippen LogP contribution is -2.52. The maximum absolute atomic E-state index is 4.43. The Hall–Kier alpha value is -1.46. The van der Waals surface area contributed by atoms with Crippen LogP contribution in [0.15, 0.2) is 36.1 Å². The number of aromatic nitrogens is 2. The summed E-state index contributed by atoms with van der Waals surface area (Å²) in [5.41, 5.74) is 1.29. The molecule has 2 atom stereocenters. The summed E-state index contributed by atoms with van der Waals surface area (Å²) >= 11 is 1.73. The minimum absolute atomic E-state index is 0.421. The van der Waals surface area contributed by atoms with Gasteiger partial charge in [-0.15, -0.1) is 11.3 Å². The number of rotatable bonds is 3. The maximum atomic E-state index is 4.43. The Morgan fingerprint density at radius 2 is 2.25 bits per heavy atom. The van der Waals surface area contributed by atoms with E-state index < -0.39 is 0 Å². The van der Waals surface area contributed by atoms with Crippen LogP contribution in [-0.4, -0.2) is 40.5 Å². The van der Waals surface area contributed by atoms with Crippen LogP contribution in [0.1, 0.15) is 25.5 Å². The highest BCUT2D eigenvalue weighted by Crippen LogP contribution is 2.27. The second-order valence-electron chi connectivity index (χ2n) is 5.31. The van der Waals surface area contributed by atoms with Crippen molar-refractivity contribution in [1.29, 1.82) is 0 Å². The van der Waals surface area contributed by atoms with E-state index in [4.69, 9.17) is 0 Å². The molecule has 0 bridgehead atoms. The van der Waals surface area contributed by atoms with Crippen molar-refractivity contribution in [3.05, 3.63) is 41.7 Å². The first-order valence-corrected chi connectivity index (χ1v) is 7.94. The van der Waals surface area contributed by atoms with Crippen molar-refractivity contribution in [2.45, 2.75) is 25.9 Å². The first kappa shape index (κ1) is 13.5. The molecule has 0 N–H and O–H groups in total. The molecule has 20 heavy (non-hydrogen) atoms. The second-order valence-corrected chi connectivity index (χ2v) is 6.19. The zero-order valence-electron chi connectivity index (χ0n) is 11.9. The molecule has 2 aromatic rings. The van der Waals surface area contributed by atoms with Crippen LogP contribution in [0.5, 0.6) is 0 Å². The Morgan fingerprint density at radius 1 is 1.35 bits per heavy atom. The smallest absolute Gasteiger partial charge is 0.185 e. The van der Waals surface area contributed by atoms with Crippen LogP contribution < -0.4 is 4.90 Å². The predicted octanol–water partition coefficient (Wildman–Crippen LogP) is 2.81. The van der Waals surface area contributed by atoms with Crippen molar-refractivity contribution < 1.29 is 0 Å². The van der Waals surface area contributed by atoms with E-state index in [2.05, 4.69) is 39.7 Å². The summed E-state index contributed by atoms with van der Waals surface area (Å²) in [6.07, 6.45) is 5.69. The second kappa shape index (κ2) is 5.89.